The SMILES string of the molecule is c1ccc2c(c1)ccc1ccc(-c3ccc4c5ccccc5c5ccccc5c4c3)nc12. The van der Waals surface area contributed by atoms with Gasteiger partial charge in [-0.25, -0.2) is 4.98 Å². The van der Waals surface area contributed by atoms with Crippen molar-refractivity contribution in [2.75, 3.05) is 0 Å². The van der Waals surface area contributed by atoms with Crippen LogP contribution in [0.1, 0.15) is 0 Å². The number of pyridine rings is 1. The molecule has 1 nitrogen and oxygen atoms in total. The molecular formula is C31H19N. The van der Waals surface area contributed by atoms with Gasteiger partial charge in [-0.15, -0.1) is 0 Å². The normalized spacial score (nSPS) is 11.8. The van der Waals surface area contributed by atoms with Crippen LogP contribution in [0.25, 0.3) is 65.3 Å². The molecule has 7 aromatic rings. The Labute approximate surface area is 185 Å². The molecule has 6 aromatic carbocycles. The van der Waals surface area contributed by atoms with Crippen LogP contribution >= 0.6 is 0 Å². The van der Waals surface area contributed by atoms with Crippen molar-refractivity contribution in [3.63, 3.8) is 0 Å². The third-order valence-electron chi connectivity index (χ3n) is 6.62. The fraction of sp³-hybridized carbons (Fsp3) is 0. The van der Waals surface area contributed by atoms with Crippen molar-refractivity contribution in [1.29, 1.82) is 0 Å². The molecule has 1 heterocycles. The number of nitrogens with zero attached hydrogens (tertiary/aromatic N) is 1. The highest BCUT2D eigenvalue weighted by atomic mass is 14.7. The highest BCUT2D eigenvalue weighted by Crippen LogP contribution is 2.37. The molecule has 0 unspecified atom stereocenters. The van der Waals surface area contributed by atoms with Crippen LogP contribution < -0.4 is 0 Å². The molecule has 0 aliphatic heterocycles. The van der Waals surface area contributed by atoms with Crippen LogP contribution in [0.5, 0.6) is 0 Å². The molecule has 1 aromatic heterocycles. The molecule has 0 saturated carbocycles. The zero-order valence-corrected chi connectivity index (χ0v) is 17.4. The van der Waals surface area contributed by atoms with E-state index in [1.54, 1.807) is 0 Å². The minimum Gasteiger partial charge on any atom is -0.247 e. The first-order chi connectivity index (χ1) is 15.9. The maximum Gasteiger partial charge on any atom is 0.0787 e. The van der Waals surface area contributed by atoms with Crippen molar-refractivity contribution < 1.29 is 0 Å². The van der Waals surface area contributed by atoms with E-state index in [2.05, 4.69) is 115 Å². The second-order valence-corrected chi connectivity index (χ2v) is 8.41. The zero-order valence-electron chi connectivity index (χ0n) is 17.4. The van der Waals surface area contributed by atoms with Gasteiger partial charge in [-0.1, -0.05) is 103 Å². The lowest BCUT2D eigenvalue weighted by atomic mass is 9.93. The summed E-state index contributed by atoms with van der Waals surface area (Å²) >= 11 is 0. The van der Waals surface area contributed by atoms with Crippen molar-refractivity contribution in [3.05, 3.63) is 115 Å². The molecule has 0 saturated heterocycles. The Morgan fingerprint density at radius 1 is 0.375 bits per heavy atom. The number of fused-ring (bicyclic) bond motifs is 9. The number of benzene rings is 6. The molecule has 0 spiro atoms. The Balaban J connectivity index is 1.54. The van der Waals surface area contributed by atoms with Crippen LogP contribution in [-0.4, -0.2) is 4.98 Å². The van der Waals surface area contributed by atoms with E-state index in [-0.39, 0.29) is 0 Å². The van der Waals surface area contributed by atoms with Crippen LogP contribution in [0.3, 0.4) is 0 Å². The Hall–Kier alpha value is -4.23. The summed E-state index contributed by atoms with van der Waals surface area (Å²) in [4.78, 5) is 5.12. The molecule has 7 rings (SSSR count). The lowest BCUT2D eigenvalue weighted by molar-refractivity contribution is 1.42. The van der Waals surface area contributed by atoms with E-state index in [1.807, 2.05) is 0 Å². The summed E-state index contributed by atoms with van der Waals surface area (Å²) in [7, 11) is 0. The quantitative estimate of drug-likeness (QED) is 0.249. The molecule has 0 bridgehead atoms. The monoisotopic (exact) mass is 405 g/mol. The average molecular weight is 406 g/mol. The molecule has 0 amide bonds. The molecule has 32 heavy (non-hydrogen) atoms. The third-order valence-corrected chi connectivity index (χ3v) is 6.62. The van der Waals surface area contributed by atoms with Crippen molar-refractivity contribution >= 4 is 54.0 Å². The van der Waals surface area contributed by atoms with Gasteiger partial charge in [-0.3, -0.25) is 0 Å². The third kappa shape index (κ3) is 2.48. The van der Waals surface area contributed by atoms with Crippen LogP contribution in [0.15, 0.2) is 115 Å². The van der Waals surface area contributed by atoms with Crippen LogP contribution in [-0.2, 0) is 0 Å². The first kappa shape index (κ1) is 17.5. The number of rotatable bonds is 1. The summed E-state index contributed by atoms with van der Waals surface area (Å²) < 4.78 is 0. The zero-order chi connectivity index (χ0) is 21.1. The van der Waals surface area contributed by atoms with Gasteiger partial charge >= 0.3 is 0 Å². The van der Waals surface area contributed by atoms with E-state index in [4.69, 9.17) is 4.98 Å². The highest BCUT2D eigenvalue weighted by Gasteiger charge is 2.11. The van der Waals surface area contributed by atoms with E-state index in [0.29, 0.717) is 0 Å². The van der Waals surface area contributed by atoms with Gasteiger partial charge in [0.2, 0.25) is 0 Å². The standard InChI is InChI=1S/C31H19N/c1-2-8-23-20(7-1)13-14-21-16-18-30(32-31(21)23)22-15-17-28-26-11-4-3-9-24(26)25-10-5-6-12-27(25)29(28)19-22/h1-19H. The highest BCUT2D eigenvalue weighted by molar-refractivity contribution is 6.25. The van der Waals surface area contributed by atoms with Crippen molar-refractivity contribution in [2.45, 2.75) is 0 Å². The Morgan fingerprint density at radius 3 is 1.62 bits per heavy atom. The Kier molecular flexibility index (Phi) is 3.62. The molecule has 0 fully saturated rings. The smallest absolute Gasteiger partial charge is 0.0787 e. The molecule has 148 valence electrons. The first-order valence-corrected chi connectivity index (χ1v) is 11.0. The topological polar surface area (TPSA) is 12.9 Å². The van der Waals surface area contributed by atoms with Crippen molar-refractivity contribution in [2.24, 2.45) is 0 Å². The maximum atomic E-state index is 5.12. The molecule has 0 aliphatic rings. The van der Waals surface area contributed by atoms with Gasteiger partial charge in [0.1, 0.15) is 0 Å². The van der Waals surface area contributed by atoms with Crippen LogP contribution in [0.2, 0.25) is 0 Å². The molecular weight excluding hydrogens is 386 g/mol. The van der Waals surface area contributed by atoms with Gasteiger partial charge in [0.25, 0.3) is 0 Å². The predicted octanol–water partition coefficient (Wildman–Crippen LogP) is 8.51. The fourth-order valence-electron chi connectivity index (χ4n) is 5.09. The molecule has 1 heteroatoms. The first-order valence-electron chi connectivity index (χ1n) is 11.0. The largest absolute Gasteiger partial charge is 0.247 e. The summed E-state index contributed by atoms with van der Waals surface area (Å²) in [5, 5.41) is 11.3. The van der Waals surface area contributed by atoms with E-state index in [0.717, 1.165) is 16.8 Å². The summed E-state index contributed by atoms with van der Waals surface area (Å²) in [6.45, 7) is 0. The van der Waals surface area contributed by atoms with Crippen molar-refractivity contribution in [1.82, 2.24) is 4.98 Å². The van der Waals surface area contributed by atoms with E-state index < -0.39 is 0 Å². The van der Waals surface area contributed by atoms with Gasteiger partial charge in [-0.2, -0.15) is 0 Å². The number of aromatic nitrogens is 1. The summed E-state index contributed by atoms with van der Waals surface area (Å²) in [5.41, 5.74) is 3.21. The van der Waals surface area contributed by atoms with Crippen LogP contribution in [0, 0.1) is 0 Å². The lowest BCUT2D eigenvalue weighted by Gasteiger charge is -2.12. The Morgan fingerprint density at radius 2 is 0.906 bits per heavy atom. The van der Waals surface area contributed by atoms with Gasteiger partial charge in [-0.05, 0) is 49.8 Å². The summed E-state index contributed by atoms with van der Waals surface area (Å²) in [5.74, 6) is 0. The molecule has 0 radical (unpaired) electrons. The molecule has 0 N–H and O–H groups in total. The van der Waals surface area contributed by atoms with Gasteiger partial charge < -0.3 is 0 Å². The van der Waals surface area contributed by atoms with E-state index in [9.17, 15) is 0 Å². The number of hydrogen-bond donors (Lipinski definition) is 0. The summed E-state index contributed by atoms with van der Waals surface area (Å²) in [6, 6.07) is 41.3. The maximum absolute atomic E-state index is 5.12. The van der Waals surface area contributed by atoms with Gasteiger partial charge in [0, 0.05) is 16.3 Å². The van der Waals surface area contributed by atoms with Gasteiger partial charge in [0.05, 0.1) is 11.2 Å². The van der Waals surface area contributed by atoms with Crippen molar-refractivity contribution in [3.8, 4) is 11.3 Å². The molecule has 0 atom stereocenters. The molecule has 0 aliphatic carbocycles. The Bertz CT molecular complexity index is 1790. The minimum absolute atomic E-state index is 1.01. The minimum atomic E-state index is 1.01. The van der Waals surface area contributed by atoms with E-state index in [1.165, 1.54) is 48.5 Å². The van der Waals surface area contributed by atoms with E-state index >= 15 is 0 Å². The second kappa shape index (κ2) is 6.63. The van der Waals surface area contributed by atoms with Crippen LogP contribution in [0.4, 0.5) is 0 Å². The van der Waals surface area contributed by atoms with Gasteiger partial charge in [0.15, 0.2) is 0 Å². The summed E-state index contributed by atoms with van der Waals surface area (Å²) in [6.07, 6.45) is 0. The number of hydrogen-bond acceptors (Lipinski definition) is 1. The average Bonchev–Trinajstić information content (AvgIpc) is 2.88. The lowest BCUT2D eigenvalue weighted by Crippen LogP contribution is -1.88. The second-order valence-electron chi connectivity index (χ2n) is 8.41. The fourth-order valence-corrected chi connectivity index (χ4v) is 5.09. The predicted molar refractivity (Wildman–Crippen MR) is 137 cm³/mol.